The first kappa shape index (κ1) is 18.7. The Bertz CT molecular complexity index is 994. The van der Waals surface area contributed by atoms with Gasteiger partial charge in [0.25, 0.3) is 0 Å². The quantitative estimate of drug-likeness (QED) is 0.490. The third-order valence-corrected chi connectivity index (χ3v) is 6.00. The van der Waals surface area contributed by atoms with Crippen molar-refractivity contribution in [2.24, 2.45) is 0 Å². The van der Waals surface area contributed by atoms with Crippen LogP contribution < -0.4 is 5.32 Å². The second-order valence-electron chi connectivity index (χ2n) is 6.24. The maximum Gasteiger partial charge on any atom is 0.416 e. The van der Waals surface area contributed by atoms with Gasteiger partial charge in [-0.2, -0.15) is 18.3 Å². The van der Waals surface area contributed by atoms with Gasteiger partial charge in [0.15, 0.2) is 0 Å². The molecule has 0 radical (unpaired) electrons. The first-order valence-corrected chi connectivity index (χ1v) is 9.90. The molecule has 0 amide bonds. The van der Waals surface area contributed by atoms with Gasteiger partial charge in [0.05, 0.1) is 25.5 Å². The summed E-state index contributed by atoms with van der Waals surface area (Å²) in [5.41, 5.74) is 1.14. The Hall–Kier alpha value is -1.70. The van der Waals surface area contributed by atoms with E-state index in [0.717, 1.165) is 54.1 Å². The van der Waals surface area contributed by atoms with E-state index in [1.165, 1.54) is 22.1 Å². The van der Waals surface area contributed by atoms with E-state index < -0.39 is 11.7 Å². The van der Waals surface area contributed by atoms with E-state index in [9.17, 15) is 13.2 Å². The van der Waals surface area contributed by atoms with Crippen molar-refractivity contribution in [3.05, 3.63) is 50.8 Å². The van der Waals surface area contributed by atoms with Crippen LogP contribution in [0.15, 0.2) is 30.3 Å². The highest BCUT2D eigenvalue weighted by atomic mass is 35.5. The highest BCUT2D eigenvalue weighted by molar-refractivity contribution is 7.19. The third kappa shape index (κ3) is 3.56. The van der Waals surface area contributed by atoms with Gasteiger partial charge < -0.3 is 5.32 Å². The maximum absolute atomic E-state index is 13.2. The maximum atomic E-state index is 13.2. The molecule has 0 unspecified atom stereocenters. The second kappa shape index (κ2) is 7.04. The summed E-state index contributed by atoms with van der Waals surface area (Å²) in [5.74, 6) is 0.688. The predicted octanol–water partition coefficient (Wildman–Crippen LogP) is 6.67. The normalized spacial score (nSPS) is 14.6. The molecule has 0 saturated carbocycles. The lowest BCUT2D eigenvalue weighted by Gasteiger charge is -2.13. The number of nitrogens with zero attached hydrogens (tertiary/aromatic N) is 2. The molecule has 0 atom stereocenters. The van der Waals surface area contributed by atoms with Crippen molar-refractivity contribution < 1.29 is 13.2 Å². The first-order chi connectivity index (χ1) is 12.8. The molecule has 1 aliphatic rings. The Morgan fingerprint density at radius 1 is 1.11 bits per heavy atom. The van der Waals surface area contributed by atoms with Crippen molar-refractivity contribution in [1.29, 1.82) is 0 Å². The molecule has 0 aliphatic carbocycles. The number of hydrogen-bond acceptors (Lipinski definition) is 3. The fourth-order valence-electron chi connectivity index (χ4n) is 3.17. The van der Waals surface area contributed by atoms with Crippen LogP contribution in [0.2, 0.25) is 9.36 Å². The molecule has 142 valence electrons. The summed E-state index contributed by atoms with van der Waals surface area (Å²) >= 11 is 13.7. The van der Waals surface area contributed by atoms with Crippen molar-refractivity contribution in [3.8, 4) is 16.3 Å². The number of hydrogen-bond donors (Lipinski definition) is 1. The minimum atomic E-state index is -4.46. The SMILES string of the molecule is FC(F)(F)c1ccc(Cl)c(-n2nc(-c3ccc(Cl)s3)c3c2NCCCC3)c1. The number of rotatable bonds is 2. The minimum absolute atomic E-state index is 0.200. The molecular formula is C18H14Cl2F3N3S. The van der Waals surface area contributed by atoms with Crippen LogP contribution in [0, 0.1) is 0 Å². The zero-order valence-corrected chi connectivity index (χ0v) is 16.2. The molecule has 3 heterocycles. The van der Waals surface area contributed by atoms with Gasteiger partial charge in [-0.1, -0.05) is 23.2 Å². The van der Waals surface area contributed by atoms with Crippen molar-refractivity contribution in [2.75, 3.05) is 11.9 Å². The van der Waals surface area contributed by atoms with E-state index in [1.54, 1.807) is 6.07 Å². The van der Waals surface area contributed by atoms with Crippen molar-refractivity contribution in [2.45, 2.75) is 25.4 Å². The number of halogens is 5. The van der Waals surface area contributed by atoms with Crippen LogP contribution in [-0.2, 0) is 12.6 Å². The van der Waals surface area contributed by atoms with E-state index in [0.29, 0.717) is 10.2 Å². The number of nitrogens with one attached hydrogen (secondary N) is 1. The van der Waals surface area contributed by atoms with Gasteiger partial charge in [-0.25, -0.2) is 4.68 Å². The summed E-state index contributed by atoms with van der Waals surface area (Å²) in [6, 6.07) is 6.92. The lowest BCUT2D eigenvalue weighted by Crippen LogP contribution is -2.10. The molecule has 9 heteroatoms. The van der Waals surface area contributed by atoms with Gasteiger partial charge in [0.1, 0.15) is 11.5 Å². The van der Waals surface area contributed by atoms with Gasteiger partial charge >= 0.3 is 6.18 Å². The number of alkyl halides is 3. The van der Waals surface area contributed by atoms with Crippen LogP contribution in [0.1, 0.15) is 24.0 Å². The molecule has 0 saturated heterocycles. The summed E-state index contributed by atoms with van der Waals surface area (Å²) in [6.07, 6.45) is -1.74. The smallest absolute Gasteiger partial charge is 0.370 e. The van der Waals surface area contributed by atoms with Gasteiger partial charge in [0.2, 0.25) is 0 Å². The van der Waals surface area contributed by atoms with E-state index >= 15 is 0 Å². The topological polar surface area (TPSA) is 29.9 Å². The fourth-order valence-corrected chi connectivity index (χ4v) is 4.42. The summed E-state index contributed by atoms with van der Waals surface area (Å²) in [7, 11) is 0. The van der Waals surface area contributed by atoms with Gasteiger partial charge in [-0.3, -0.25) is 0 Å². The Morgan fingerprint density at radius 2 is 1.93 bits per heavy atom. The lowest BCUT2D eigenvalue weighted by molar-refractivity contribution is -0.137. The number of anilines is 1. The van der Waals surface area contributed by atoms with E-state index in [2.05, 4.69) is 10.4 Å². The van der Waals surface area contributed by atoms with Gasteiger partial charge in [0, 0.05) is 12.1 Å². The lowest BCUT2D eigenvalue weighted by atomic mass is 10.1. The predicted molar refractivity (Wildman–Crippen MR) is 103 cm³/mol. The molecule has 1 aromatic carbocycles. The van der Waals surface area contributed by atoms with Crippen LogP contribution >= 0.6 is 34.5 Å². The standard InChI is InChI=1S/C18H14Cl2F3N3S/c19-12-5-4-10(18(21,22)23)9-13(12)26-17-11(3-1-2-8-24-17)16(25-26)14-6-7-15(20)27-14/h4-7,9,24H,1-3,8H2. The number of aromatic nitrogens is 2. The number of benzene rings is 1. The van der Waals surface area contributed by atoms with Gasteiger partial charge in [-0.05, 0) is 49.6 Å². The molecule has 4 rings (SSSR count). The Morgan fingerprint density at radius 3 is 2.63 bits per heavy atom. The Labute approximate surface area is 167 Å². The molecule has 0 bridgehead atoms. The molecule has 0 spiro atoms. The summed E-state index contributed by atoms with van der Waals surface area (Å²) in [4.78, 5) is 0.877. The van der Waals surface area contributed by atoms with Crippen molar-refractivity contribution in [1.82, 2.24) is 9.78 Å². The molecule has 3 nitrogen and oxygen atoms in total. The average Bonchev–Trinajstić information content (AvgIpc) is 3.09. The molecule has 27 heavy (non-hydrogen) atoms. The summed E-state index contributed by atoms with van der Waals surface area (Å²) in [6.45, 7) is 0.722. The van der Waals surface area contributed by atoms with Crippen LogP contribution in [-0.4, -0.2) is 16.3 Å². The Balaban J connectivity index is 1.93. The Kier molecular flexibility index (Phi) is 4.86. The average molecular weight is 432 g/mol. The second-order valence-corrected chi connectivity index (χ2v) is 8.36. The van der Waals surface area contributed by atoms with Crippen LogP contribution in [0.25, 0.3) is 16.3 Å². The zero-order chi connectivity index (χ0) is 19.2. The van der Waals surface area contributed by atoms with E-state index in [1.807, 2.05) is 6.07 Å². The molecule has 2 aromatic heterocycles. The van der Waals surface area contributed by atoms with Crippen LogP contribution in [0.5, 0.6) is 0 Å². The fraction of sp³-hybridized carbons (Fsp3) is 0.278. The largest absolute Gasteiger partial charge is 0.416 e. The van der Waals surface area contributed by atoms with Crippen LogP contribution in [0.3, 0.4) is 0 Å². The van der Waals surface area contributed by atoms with Gasteiger partial charge in [-0.15, -0.1) is 11.3 Å². The summed E-state index contributed by atoms with van der Waals surface area (Å²) in [5, 5.41) is 8.14. The summed E-state index contributed by atoms with van der Waals surface area (Å²) < 4.78 is 41.7. The highest BCUT2D eigenvalue weighted by Crippen LogP contribution is 2.40. The minimum Gasteiger partial charge on any atom is -0.370 e. The number of fused-ring (bicyclic) bond motifs is 1. The van der Waals surface area contributed by atoms with Crippen LogP contribution in [0.4, 0.5) is 19.0 Å². The molecule has 1 aliphatic heterocycles. The molecular weight excluding hydrogens is 418 g/mol. The number of thiophene rings is 1. The molecule has 1 N–H and O–H groups in total. The molecule has 0 fully saturated rings. The monoisotopic (exact) mass is 431 g/mol. The highest BCUT2D eigenvalue weighted by Gasteiger charge is 2.32. The van der Waals surface area contributed by atoms with Crippen molar-refractivity contribution in [3.63, 3.8) is 0 Å². The van der Waals surface area contributed by atoms with E-state index in [4.69, 9.17) is 23.2 Å². The van der Waals surface area contributed by atoms with E-state index in [-0.39, 0.29) is 10.7 Å². The third-order valence-electron chi connectivity index (χ3n) is 4.44. The zero-order valence-electron chi connectivity index (χ0n) is 13.9. The molecule has 3 aromatic rings. The first-order valence-electron chi connectivity index (χ1n) is 8.33. The van der Waals surface area contributed by atoms with Crippen molar-refractivity contribution >= 4 is 40.4 Å².